The number of esters is 1. The number of fused-ring (bicyclic) bond motifs is 1. The summed E-state index contributed by atoms with van der Waals surface area (Å²) in [4.78, 5) is 51.1. The molecule has 0 atom stereocenters. The average Bonchev–Trinajstić information content (AvgIpc) is 3.39. The number of furan rings is 1. The zero-order valence-corrected chi connectivity index (χ0v) is 17.0. The third-order valence-electron chi connectivity index (χ3n) is 4.81. The van der Waals surface area contributed by atoms with E-state index in [2.05, 4.69) is 5.32 Å². The van der Waals surface area contributed by atoms with Gasteiger partial charge in [-0.15, -0.1) is 0 Å². The molecule has 4 rings (SSSR count). The fraction of sp³-hybridized carbons (Fsp3) is 0.0833. The van der Waals surface area contributed by atoms with Crippen LogP contribution in [0, 0.1) is 6.92 Å². The Labute approximate surface area is 183 Å². The van der Waals surface area contributed by atoms with E-state index in [1.807, 2.05) is 6.92 Å². The van der Waals surface area contributed by atoms with Crippen LogP contribution in [0.15, 0.2) is 77.0 Å². The van der Waals surface area contributed by atoms with Gasteiger partial charge >= 0.3 is 5.97 Å². The van der Waals surface area contributed by atoms with Crippen molar-refractivity contribution in [3.05, 3.63) is 101 Å². The number of nitrogens with one attached hydrogen (secondary N) is 1. The van der Waals surface area contributed by atoms with E-state index in [0.717, 1.165) is 10.5 Å². The Morgan fingerprint density at radius 3 is 2.22 bits per heavy atom. The van der Waals surface area contributed by atoms with Crippen LogP contribution in [0.3, 0.4) is 0 Å². The van der Waals surface area contributed by atoms with Crippen LogP contribution in [0.2, 0.25) is 0 Å². The van der Waals surface area contributed by atoms with Crippen LogP contribution in [0.25, 0.3) is 6.08 Å². The van der Waals surface area contributed by atoms with Crippen molar-refractivity contribution in [1.29, 1.82) is 0 Å². The molecule has 1 aliphatic rings. The van der Waals surface area contributed by atoms with Gasteiger partial charge in [-0.1, -0.05) is 29.8 Å². The monoisotopic (exact) mass is 430 g/mol. The summed E-state index contributed by atoms with van der Waals surface area (Å²) in [6.45, 7) is 1.29. The number of imide groups is 1. The van der Waals surface area contributed by atoms with Crippen molar-refractivity contribution in [3.8, 4) is 0 Å². The Kier molecular flexibility index (Phi) is 5.67. The summed E-state index contributed by atoms with van der Waals surface area (Å²) in [6.07, 6.45) is 2.71. The number of hydrogen-bond donors (Lipinski definition) is 1. The lowest BCUT2D eigenvalue weighted by Crippen LogP contribution is -2.35. The number of rotatable bonds is 6. The molecule has 0 radical (unpaired) electrons. The van der Waals surface area contributed by atoms with Crippen LogP contribution in [0.4, 0.5) is 0 Å². The van der Waals surface area contributed by atoms with Gasteiger partial charge in [0, 0.05) is 11.6 Å². The van der Waals surface area contributed by atoms with E-state index < -0.39 is 30.4 Å². The van der Waals surface area contributed by atoms with E-state index in [4.69, 9.17) is 9.15 Å². The number of ether oxygens (including phenoxy) is 1. The quantitative estimate of drug-likeness (QED) is 0.366. The normalized spacial score (nSPS) is 13.2. The predicted molar refractivity (Wildman–Crippen MR) is 113 cm³/mol. The minimum absolute atomic E-state index is 0.206. The molecule has 0 aliphatic carbocycles. The number of benzene rings is 2. The molecule has 8 heteroatoms. The van der Waals surface area contributed by atoms with Crippen molar-refractivity contribution in [1.82, 2.24) is 10.2 Å². The van der Waals surface area contributed by atoms with E-state index in [1.54, 1.807) is 48.5 Å². The van der Waals surface area contributed by atoms with E-state index in [0.29, 0.717) is 11.3 Å². The van der Waals surface area contributed by atoms with Gasteiger partial charge in [-0.25, -0.2) is 9.69 Å². The van der Waals surface area contributed by atoms with Crippen LogP contribution in [-0.2, 0) is 9.53 Å². The number of carbonyl (C=O) groups excluding carboxylic acids is 4. The van der Waals surface area contributed by atoms with E-state index in [9.17, 15) is 19.2 Å². The number of carbonyl (C=O) groups is 4. The minimum Gasteiger partial charge on any atom is -0.465 e. The topological polar surface area (TPSA) is 106 Å². The molecule has 2 heterocycles. The summed E-state index contributed by atoms with van der Waals surface area (Å²) in [5.41, 5.74) is 1.60. The maximum Gasteiger partial charge on any atom is 0.356 e. The van der Waals surface area contributed by atoms with Gasteiger partial charge in [0.05, 0.1) is 17.4 Å². The van der Waals surface area contributed by atoms with Gasteiger partial charge in [0.1, 0.15) is 11.5 Å². The molecule has 0 saturated heterocycles. The van der Waals surface area contributed by atoms with Crippen molar-refractivity contribution in [3.63, 3.8) is 0 Å². The Balaban J connectivity index is 1.50. The number of amides is 3. The second-order valence-corrected chi connectivity index (χ2v) is 7.04. The molecule has 0 fully saturated rings. The standard InChI is InChI=1S/C24H18N2O6/c1-15-8-10-16(11-9-15)21(27)25-20(13-17-5-4-12-31-17)24(30)32-14-26-22(28)18-6-2-3-7-19(18)23(26)29/h2-13H,14H2,1H3,(H,25,27)/b20-13+. The van der Waals surface area contributed by atoms with Crippen LogP contribution in [0.5, 0.6) is 0 Å². The predicted octanol–water partition coefficient (Wildman–Crippen LogP) is 3.16. The Morgan fingerprint density at radius 1 is 0.969 bits per heavy atom. The zero-order valence-electron chi connectivity index (χ0n) is 17.0. The molecule has 1 N–H and O–H groups in total. The Bertz CT molecular complexity index is 1190. The van der Waals surface area contributed by atoms with Gasteiger partial charge in [0.2, 0.25) is 0 Å². The lowest BCUT2D eigenvalue weighted by atomic mass is 10.1. The maximum absolute atomic E-state index is 12.7. The van der Waals surface area contributed by atoms with E-state index in [1.165, 1.54) is 24.5 Å². The van der Waals surface area contributed by atoms with E-state index in [-0.39, 0.29) is 16.8 Å². The number of nitrogens with zero attached hydrogens (tertiary/aromatic N) is 1. The second-order valence-electron chi connectivity index (χ2n) is 7.04. The smallest absolute Gasteiger partial charge is 0.356 e. The first kappa shape index (κ1) is 20.8. The van der Waals surface area contributed by atoms with Crippen LogP contribution in [0.1, 0.15) is 42.4 Å². The number of hydrogen-bond acceptors (Lipinski definition) is 6. The molecule has 1 aromatic heterocycles. The summed E-state index contributed by atoms with van der Waals surface area (Å²) < 4.78 is 10.4. The molecule has 0 saturated carbocycles. The van der Waals surface area contributed by atoms with Gasteiger partial charge in [-0.2, -0.15) is 0 Å². The second kappa shape index (κ2) is 8.73. The Hall–Kier alpha value is -4.46. The van der Waals surface area contributed by atoms with Crippen molar-refractivity contribution >= 4 is 29.8 Å². The molecule has 0 bridgehead atoms. The summed E-state index contributed by atoms with van der Waals surface area (Å²) in [7, 11) is 0. The Morgan fingerprint density at radius 2 is 1.62 bits per heavy atom. The first-order valence-corrected chi connectivity index (χ1v) is 9.69. The molecule has 3 aromatic rings. The first-order valence-electron chi connectivity index (χ1n) is 9.69. The highest BCUT2D eigenvalue weighted by atomic mass is 16.5. The summed E-state index contributed by atoms with van der Waals surface area (Å²) >= 11 is 0. The fourth-order valence-electron chi connectivity index (χ4n) is 3.12. The largest absolute Gasteiger partial charge is 0.465 e. The van der Waals surface area contributed by atoms with Gasteiger partial charge in [0.15, 0.2) is 6.73 Å². The van der Waals surface area contributed by atoms with Gasteiger partial charge < -0.3 is 14.5 Å². The molecule has 0 spiro atoms. The first-order chi connectivity index (χ1) is 15.4. The van der Waals surface area contributed by atoms with Gasteiger partial charge in [-0.05, 0) is 43.3 Å². The zero-order chi connectivity index (χ0) is 22.7. The summed E-state index contributed by atoms with van der Waals surface area (Å²) in [6, 6.07) is 16.3. The highest BCUT2D eigenvalue weighted by Gasteiger charge is 2.36. The highest BCUT2D eigenvalue weighted by molar-refractivity contribution is 6.21. The van der Waals surface area contributed by atoms with Gasteiger partial charge in [-0.3, -0.25) is 14.4 Å². The molecule has 3 amide bonds. The lowest BCUT2D eigenvalue weighted by molar-refractivity contribution is -0.141. The maximum atomic E-state index is 12.7. The molecule has 2 aromatic carbocycles. The third-order valence-corrected chi connectivity index (χ3v) is 4.81. The molecule has 160 valence electrons. The molecule has 0 unspecified atom stereocenters. The van der Waals surface area contributed by atoms with Gasteiger partial charge in [0.25, 0.3) is 17.7 Å². The van der Waals surface area contributed by atoms with Crippen LogP contribution >= 0.6 is 0 Å². The molecule has 1 aliphatic heterocycles. The van der Waals surface area contributed by atoms with Crippen LogP contribution < -0.4 is 5.32 Å². The SMILES string of the molecule is Cc1ccc(C(=O)N/C(=C/c2ccco2)C(=O)OCN2C(=O)c3ccccc3C2=O)cc1. The minimum atomic E-state index is -0.932. The molecular formula is C24H18N2O6. The van der Waals surface area contributed by atoms with Crippen molar-refractivity contribution in [2.45, 2.75) is 6.92 Å². The fourth-order valence-corrected chi connectivity index (χ4v) is 3.12. The summed E-state index contributed by atoms with van der Waals surface area (Å²) in [5.74, 6) is -2.27. The summed E-state index contributed by atoms with van der Waals surface area (Å²) in [5, 5.41) is 2.51. The average molecular weight is 430 g/mol. The highest BCUT2D eigenvalue weighted by Crippen LogP contribution is 2.22. The molecule has 8 nitrogen and oxygen atoms in total. The molecule has 32 heavy (non-hydrogen) atoms. The van der Waals surface area contributed by atoms with Crippen molar-refractivity contribution in [2.24, 2.45) is 0 Å². The third kappa shape index (κ3) is 4.20. The number of aryl methyl sites for hydroxylation is 1. The van der Waals surface area contributed by atoms with Crippen molar-refractivity contribution in [2.75, 3.05) is 6.73 Å². The molecular weight excluding hydrogens is 412 g/mol. The lowest BCUT2D eigenvalue weighted by Gasteiger charge is -2.15. The van der Waals surface area contributed by atoms with Crippen LogP contribution in [-0.4, -0.2) is 35.3 Å². The van der Waals surface area contributed by atoms with E-state index >= 15 is 0 Å². The van der Waals surface area contributed by atoms with Crippen molar-refractivity contribution < 1.29 is 28.3 Å².